The number of hydrogen-bond donors (Lipinski definition) is 0. The van der Waals surface area contributed by atoms with Crippen molar-refractivity contribution < 1.29 is 9.47 Å². The highest BCUT2D eigenvalue weighted by Crippen LogP contribution is 2.39. The second kappa shape index (κ2) is 6.09. The average molecular weight is 266 g/mol. The van der Waals surface area contributed by atoms with E-state index in [9.17, 15) is 0 Å². The fourth-order valence-corrected chi connectivity index (χ4v) is 3.43. The van der Waals surface area contributed by atoms with Crippen LogP contribution in [-0.4, -0.2) is 24.8 Å². The van der Waals surface area contributed by atoms with Gasteiger partial charge in [-0.3, -0.25) is 0 Å². The molecule has 100 valence electrons. The summed E-state index contributed by atoms with van der Waals surface area (Å²) in [5.41, 5.74) is -0.0576. The van der Waals surface area contributed by atoms with E-state index in [-0.39, 0.29) is 11.9 Å². The molecule has 2 unspecified atom stereocenters. The van der Waals surface area contributed by atoms with Crippen LogP contribution in [0.5, 0.6) is 0 Å². The molecule has 0 bridgehead atoms. The molecule has 1 aliphatic rings. The molecular formula is C15H22O2S. The van der Waals surface area contributed by atoms with Crippen LogP contribution in [0.2, 0.25) is 0 Å². The topological polar surface area (TPSA) is 18.5 Å². The van der Waals surface area contributed by atoms with E-state index in [1.54, 1.807) is 7.11 Å². The first-order valence-corrected chi connectivity index (χ1v) is 7.49. The van der Waals surface area contributed by atoms with Gasteiger partial charge in [-0.2, -0.15) is 0 Å². The van der Waals surface area contributed by atoms with Gasteiger partial charge in [-0.15, -0.1) is 11.8 Å². The van der Waals surface area contributed by atoms with Crippen molar-refractivity contribution in [1.29, 1.82) is 0 Å². The van der Waals surface area contributed by atoms with Crippen molar-refractivity contribution in [1.82, 2.24) is 0 Å². The van der Waals surface area contributed by atoms with Crippen molar-refractivity contribution in [2.24, 2.45) is 5.92 Å². The van der Waals surface area contributed by atoms with Crippen LogP contribution < -0.4 is 0 Å². The van der Waals surface area contributed by atoms with E-state index in [0.29, 0.717) is 5.92 Å². The molecule has 2 nitrogen and oxygen atoms in total. The lowest BCUT2D eigenvalue weighted by Crippen LogP contribution is -2.28. The van der Waals surface area contributed by atoms with Crippen LogP contribution in [0.25, 0.3) is 0 Å². The fraction of sp³-hybridized carbons (Fsp3) is 0.600. The number of methoxy groups -OCH3 is 1. The Balaban J connectivity index is 1.80. The molecule has 1 aliphatic heterocycles. The van der Waals surface area contributed by atoms with Gasteiger partial charge in [0, 0.05) is 18.4 Å². The van der Waals surface area contributed by atoms with Crippen LogP contribution in [0.15, 0.2) is 35.2 Å². The Hall–Kier alpha value is -0.510. The summed E-state index contributed by atoms with van der Waals surface area (Å²) in [6.45, 7) is 4.34. The molecule has 18 heavy (non-hydrogen) atoms. The van der Waals surface area contributed by atoms with Gasteiger partial charge in [0.1, 0.15) is 0 Å². The number of rotatable bonds is 5. The summed E-state index contributed by atoms with van der Waals surface area (Å²) >= 11 is 1.92. The molecule has 0 N–H and O–H groups in total. The van der Waals surface area contributed by atoms with Crippen LogP contribution in [0, 0.1) is 5.92 Å². The van der Waals surface area contributed by atoms with Gasteiger partial charge >= 0.3 is 0 Å². The Morgan fingerprint density at radius 2 is 2.06 bits per heavy atom. The van der Waals surface area contributed by atoms with E-state index < -0.39 is 0 Å². The minimum Gasteiger partial charge on any atom is -0.356 e. The quantitative estimate of drug-likeness (QED) is 0.752. The molecule has 0 aromatic heterocycles. The highest BCUT2D eigenvalue weighted by atomic mass is 32.2. The van der Waals surface area contributed by atoms with Gasteiger partial charge in [-0.25, -0.2) is 0 Å². The van der Waals surface area contributed by atoms with E-state index in [1.807, 2.05) is 11.8 Å². The molecule has 0 aliphatic carbocycles. The third-order valence-corrected chi connectivity index (χ3v) is 4.68. The number of thioether (sulfide) groups is 1. The summed E-state index contributed by atoms with van der Waals surface area (Å²) in [4.78, 5) is 1.34. The fourth-order valence-electron chi connectivity index (χ4n) is 2.44. The number of hydrogen-bond acceptors (Lipinski definition) is 3. The Bertz CT molecular complexity index is 364. The molecule has 3 heteroatoms. The SMILES string of the molecule is COC1CC(CCSc2ccccc2)C(C)(C)O1. The summed E-state index contributed by atoms with van der Waals surface area (Å²) in [6.07, 6.45) is 2.16. The summed E-state index contributed by atoms with van der Waals surface area (Å²) in [5, 5.41) is 0. The average Bonchev–Trinajstić information content (AvgIpc) is 2.66. The Kier molecular flexibility index (Phi) is 4.71. The third kappa shape index (κ3) is 3.50. The predicted molar refractivity (Wildman–Crippen MR) is 75.9 cm³/mol. The van der Waals surface area contributed by atoms with Crippen molar-refractivity contribution in [3.63, 3.8) is 0 Å². The van der Waals surface area contributed by atoms with Crippen molar-refractivity contribution in [3.05, 3.63) is 30.3 Å². The lowest BCUT2D eigenvalue weighted by atomic mass is 9.88. The standard InChI is InChI=1S/C15H22O2S/c1-15(2)12(11-14(16-3)17-15)9-10-18-13-7-5-4-6-8-13/h4-8,12,14H,9-11H2,1-3H3. The normalized spacial score (nSPS) is 26.4. The van der Waals surface area contributed by atoms with Gasteiger partial charge in [0.05, 0.1) is 5.60 Å². The van der Waals surface area contributed by atoms with Gasteiger partial charge in [0.15, 0.2) is 6.29 Å². The van der Waals surface area contributed by atoms with Crippen molar-refractivity contribution >= 4 is 11.8 Å². The van der Waals surface area contributed by atoms with E-state index in [4.69, 9.17) is 9.47 Å². The van der Waals surface area contributed by atoms with Crippen molar-refractivity contribution in [2.75, 3.05) is 12.9 Å². The maximum Gasteiger partial charge on any atom is 0.158 e. The molecule has 0 saturated carbocycles. The van der Waals surface area contributed by atoms with Gasteiger partial charge in [-0.05, 0) is 44.1 Å². The number of benzene rings is 1. The van der Waals surface area contributed by atoms with Crippen LogP contribution in [-0.2, 0) is 9.47 Å². The predicted octanol–water partition coefficient (Wildman–Crippen LogP) is 3.96. The summed E-state index contributed by atoms with van der Waals surface area (Å²) < 4.78 is 11.2. The molecule has 2 atom stereocenters. The van der Waals surface area contributed by atoms with Gasteiger partial charge in [-0.1, -0.05) is 18.2 Å². The molecular weight excluding hydrogens is 244 g/mol. The van der Waals surface area contributed by atoms with Crippen LogP contribution in [0.1, 0.15) is 26.7 Å². The second-order valence-corrected chi connectivity index (χ2v) is 6.44. The molecule has 1 aromatic rings. The summed E-state index contributed by atoms with van der Waals surface area (Å²) in [7, 11) is 1.72. The molecule has 1 saturated heterocycles. The third-order valence-electron chi connectivity index (χ3n) is 3.64. The largest absolute Gasteiger partial charge is 0.356 e. The Morgan fingerprint density at radius 1 is 1.33 bits per heavy atom. The molecule has 1 aromatic carbocycles. The molecule has 1 heterocycles. The van der Waals surface area contributed by atoms with Gasteiger partial charge in [0.2, 0.25) is 0 Å². The second-order valence-electron chi connectivity index (χ2n) is 5.27. The van der Waals surface area contributed by atoms with Crippen LogP contribution >= 0.6 is 11.8 Å². The first-order chi connectivity index (χ1) is 8.62. The highest BCUT2D eigenvalue weighted by molar-refractivity contribution is 7.99. The molecule has 0 spiro atoms. The first kappa shape index (κ1) is 13.9. The zero-order valence-electron chi connectivity index (χ0n) is 11.4. The zero-order valence-corrected chi connectivity index (χ0v) is 12.2. The molecule has 2 rings (SSSR count). The van der Waals surface area contributed by atoms with Gasteiger partial charge in [0.25, 0.3) is 0 Å². The smallest absolute Gasteiger partial charge is 0.158 e. The van der Waals surface area contributed by atoms with Crippen molar-refractivity contribution in [3.8, 4) is 0 Å². The minimum atomic E-state index is -0.0576. The molecule has 1 fully saturated rings. The minimum absolute atomic E-state index is 0.0216. The van der Waals surface area contributed by atoms with Crippen LogP contribution in [0.3, 0.4) is 0 Å². The van der Waals surface area contributed by atoms with E-state index in [1.165, 1.54) is 11.3 Å². The lowest BCUT2D eigenvalue weighted by molar-refractivity contribution is -0.146. The van der Waals surface area contributed by atoms with E-state index in [0.717, 1.165) is 12.2 Å². The van der Waals surface area contributed by atoms with E-state index >= 15 is 0 Å². The van der Waals surface area contributed by atoms with Gasteiger partial charge < -0.3 is 9.47 Å². The van der Waals surface area contributed by atoms with Crippen LogP contribution in [0.4, 0.5) is 0 Å². The lowest BCUT2D eigenvalue weighted by Gasteiger charge is -2.25. The number of ether oxygens (including phenoxy) is 2. The summed E-state index contributed by atoms with van der Waals surface area (Å²) in [6, 6.07) is 10.6. The van der Waals surface area contributed by atoms with E-state index in [2.05, 4.69) is 44.2 Å². The Labute approximate surface area is 114 Å². The first-order valence-electron chi connectivity index (χ1n) is 6.50. The Morgan fingerprint density at radius 3 is 2.67 bits per heavy atom. The van der Waals surface area contributed by atoms with Crippen molar-refractivity contribution in [2.45, 2.75) is 43.5 Å². The maximum absolute atomic E-state index is 5.88. The maximum atomic E-state index is 5.88. The molecule has 0 radical (unpaired) electrons. The summed E-state index contributed by atoms with van der Waals surface area (Å²) in [5.74, 6) is 1.72. The monoisotopic (exact) mass is 266 g/mol. The zero-order chi connectivity index (χ0) is 13.0. The molecule has 0 amide bonds. The highest BCUT2D eigenvalue weighted by Gasteiger charge is 2.41.